The van der Waals surface area contributed by atoms with Gasteiger partial charge in [0.2, 0.25) is 4.38 Å². The van der Waals surface area contributed by atoms with Crippen LogP contribution in [0.5, 0.6) is 0 Å². The summed E-state index contributed by atoms with van der Waals surface area (Å²) in [6.07, 6.45) is 5.02. The third kappa shape index (κ3) is 3.96. The lowest BCUT2D eigenvalue weighted by atomic mass is 10.2. The van der Waals surface area contributed by atoms with Crippen molar-refractivity contribution in [3.63, 3.8) is 0 Å². The van der Waals surface area contributed by atoms with E-state index in [1.54, 1.807) is 0 Å². The molecule has 1 saturated carbocycles. The molecule has 0 aromatic rings. The summed E-state index contributed by atoms with van der Waals surface area (Å²) in [4.78, 5) is 11.6. The Morgan fingerprint density at radius 2 is 2.36 bits per heavy atom. The predicted octanol–water partition coefficient (Wildman–Crippen LogP) is 2.94. The molecule has 1 fully saturated rings. The molecule has 0 heterocycles. The number of thioether (sulfide) groups is 1. The number of Topliss-reactive ketones (excluding diaryl/α,β-unsaturated/α-hetero) is 1. The first-order chi connectivity index (χ1) is 6.74. The van der Waals surface area contributed by atoms with Crippen molar-refractivity contribution in [2.75, 3.05) is 6.61 Å². The lowest BCUT2D eigenvalue weighted by Crippen LogP contribution is -2.17. The molecule has 0 unspecified atom stereocenters. The maximum Gasteiger partial charge on any atom is 0.220 e. The van der Waals surface area contributed by atoms with Crippen LogP contribution in [0.3, 0.4) is 0 Å². The fourth-order valence-electron chi connectivity index (χ4n) is 1.52. The van der Waals surface area contributed by atoms with E-state index in [2.05, 4.69) is 0 Å². The van der Waals surface area contributed by atoms with Gasteiger partial charge in [-0.3, -0.25) is 4.79 Å². The number of hydrogen-bond donors (Lipinski definition) is 0. The average molecular weight is 232 g/mol. The lowest BCUT2D eigenvalue weighted by Gasteiger charge is -2.12. The molecule has 80 valence electrons. The van der Waals surface area contributed by atoms with E-state index >= 15 is 0 Å². The summed E-state index contributed by atoms with van der Waals surface area (Å²) in [6.45, 7) is 2.49. The lowest BCUT2D eigenvalue weighted by molar-refractivity contribution is -0.118. The highest BCUT2D eigenvalue weighted by Gasteiger charge is 2.22. The highest BCUT2D eigenvalue weighted by atomic mass is 32.2. The molecular weight excluding hydrogens is 216 g/mol. The van der Waals surface area contributed by atoms with Crippen LogP contribution in [0.2, 0.25) is 0 Å². The van der Waals surface area contributed by atoms with Crippen LogP contribution in [0.1, 0.15) is 39.0 Å². The van der Waals surface area contributed by atoms with Crippen LogP contribution >= 0.6 is 24.0 Å². The molecule has 2 nitrogen and oxygen atoms in total. The second-order valence-corrected chi connectivity index (χ2v) is 5.16. The molecule has 0 saturated heterocycles. The Morgan fingerprint density at radius 3 is 3.07 bits per heavy atom. The fourth-order valence-corrected chi connectivity index (χ4v) is 2.94. The highest BCUT2D eigenvalue weighted by molar-refractivity contribution is 8.23. The molecule has 1 rings (SSSR count). The molecule has 0 N–H and O–H groups in total. The Balaban J connectivity index is 2.40. The molecule has 0 spiro atoms. The predicted molar refractivity (Wildman–Crippen MR) is 63.7 cm³/mol. The van der Waals surface area contributed by atoms with Crippen LogP contribution in [-0.2, 0) is 9.53 Å². The van der Waals surface area contributed by atoms with Gasteiger partial charge < -0.3 is 4.74 Å². The number of ketones is 1. The van der Waals surface area contributed by atoms with Crippen molar-refractivity contribution in [2.24, 2.45) is 0 Å². The van der Waals surface area contributed by atoms with Crippen molar-refractivity contribution in [2.45, 2.75) is 44.3 Å². The first-order valence-electron chi connectivity index (χ1n) is 5.10. The molecule has 0 bridgehead atoms. The van der Waals surface area contributed by atoms with Crippen molar-refractivity contribution in [3.05, 3.63) is 0 Å². The minimum absolute atomic E-state index is 0.0524. The van der Waals surface area contributed by atoms with Crippen LogP contribution in [0.15, 0.2) is 0 Å². The van der Waals surface area contributed by atoms with Crippen molar-refractivity contribution < 1.29 is 9.53 Å². The van der Waals surface area contributed by atoms with E-state index in [-0.39, 0.29) is 5.25 Å². The largest absolute Gasteiger partial charge is 0.479 e. The highest BCUT2D eigenvalue weighted by Crippen LogP contribution is 2.26. The molecule has 0 aliphatic heterocycles. The van der Waals surface area contributed by atoms with Gasteiger partial charge in [0.25, 0.3) is 0 Å². The minimum Gasteiger partial charge on any atom is -0.479 e. The summed E-state index contributed by atoms with van der Waals surface area (Å²) < 4.78 is 5.70. The molecule has 1 aliphatic carbocycles. The minimum atomic E-state index is 0.0524. The fraction of sp³-hybridized carbons (Fsp3) is 0.800. The monoisotopic (exact) mass is 232 g/mol. The molecule has 1 atom stereocenters. The summed E-state index contributed by atoms with van der Waals surface area (Å²) in [6, 6.07) is 0. The summed E-state index contributed by atoms with van der Waals surface area (Å²) in [5, 5.41) is 0.0524. The van der Waals surface area contributed by atoms with Crippen LogP contribution in [0.4, 0.5) is 0 Å². The van der Waals surface area contributed by atoms with Crippen LogP contribution in [0.25, 0.3) is 0 Å². The first kappa shape index (κ1) is 12.0. The molecule has 0 amide bonds. The summed E-state index contributed by atoms with van der Waals surface area (Å²) in [5.74, 6) is 0.342. The van der Waals surface area contributed by atoms with E-state index in [9.17, 15) is 4.79 Å². The van der Waals surface area contributed by atoms with E-state index < -0.39 is 0 Å². The van der Waals surface area contributed by atoms with Crippen molar-refractivity contribution in [1.29, 1.82) is 0 Å². The zero-order chi connectivity index (χ0) is 10.4. The molecule has 4 heteroatoms. The molecular formula is C10H16O2S2. The number of carbonyl (C=O) groups excluding carboxylic acids is 1. The van der Waals surface area contributed by atoms with Crippen molar-refractivity contribution in [1.82, 2.24) is 0 Å². The van der Waals surface area contributed by atoms with Gasteiger partial charge in [0.05, 0.1) is 11.9 Å². The summed E-state index contributed by atoms with van der Waals surface area (Å²) in [5.41, 5.74) is 0. The number of ether oxygens (including phenoxy) is 1. The summed E-state index contributed by atoms with van der Waals surface area (Å²) in [7, 11) is 0. The molecule has 0 aromatic carbocycles. The zero-order valence-electron chi connectivity index (χ0n) is 8.45. The van der Waals surface area contributed by atoms with Gasteiger partial charge in [0, 0.05) is 6.42 Å². The molecule has 14 heavy (non-hydrogen) atoms. The smallest absolute Gasteiger partial charge is 0.220 e. The van der Waals surface area contributed by atoms with E-state index in [1.165, 1.54) is 18.2 Å². The van der Waals surface area contributed by atoms with Gasteiger partial charge in [-0.2, -0.15) is 0 Å². The van der Waals surface area contributed by atoms with Gasteiger partial charge >= 0.3 is 0 Å². The Kier molecular flexibility index (Phi) is 5.48. The molecule has 0 aromatic heterocycles. The van der Waals surface area contributed by atoms with Crippen molar-refractivity contribution in [3.8, 4) is 0 Å². The maximum atomic E-state index is 11.6. The molecule has 1 aliphatic rings. The third-order valence-electron chi connectivity index (χ3n) is 2.25. The van der Waals surface area contributed by atoms with Crippen LogP contribution < -0.4 is 0 Å². The van der Waals surface area contributed by atoms with Crippen LogP contribution in [0, 0.1) is 0 Å². The zero-order valence-corrected chi connectivity index (χ0v) is 10.1. The summed E-state index contributed by atoms with van der Waals surface area (Å²) >= 11 is 6.45. The van der Waals surface area contributed by atoms with Gasteiger partial charge in [0.15, 0.2) is 0 Å². The quantitative estimate of drug-likeness (QED) is 0.540. The van der Waals surface area contributed by atoms with E-state index in [4.69, 9.17) is 17.0 Å². The Hall–Kier alpha value is -0.0900. The second kappa shape index (κ2) is 6.40. The van der Waals surface area contributed by atoms with Gasteiger partial charge in [-0.05, 0) is 32.0 Å². The number of carbonyl (C=O) groups is 1. The van der Waals surface area contributed by atoms with Crippen LogP contribution in [-0.4, -0.2) is 22.0 Å². The number of rotatable bonds is 2. The van der Waals surface area contributed by atoms with Gasteiger partial charge in [-0.1, -0.05) is 24.6 Å². The van der Waals surface area contributed by atoms with E-state index in [0.29, 0.717) is 23.2 Å². The third-order valence-corrected chi connectivity index (χ3v) is 3.75. The first-order valence-corrected chi connectivity index (χ1v) is 6.39. The average Bonchev–Trinajstić information content (AvgIpc) is 2.33. The normalized spacial score (nSPS) is 22.9. The second-order valence-electron chi connectivity index (χ2n) is 3.36. The maximum absolute atomic E-state index is 11.6. The van der Waals surface area contributed by atoms with Gasteiger partial charge in [-0.15, -0.1) is 0 Å². The standard InChI is InChI=1S/C10H16O2S2/c1-2-12-10(13)14-9-7-5-3-4-6-8(9)11/h9H,2-7H2,1H3/t9-/m1/s1. The topological polar surface area (TPSA) is 26.3 Å². The SMILES string of the molecule is CCOC(=S)S[C@@H]1CCCCCC1=O. The van der Waals surface area contributed by atoms with E-state index in [0.717, 1.165) is 19.3 Å². The van der Waals surface area contributed by atoms with Crippen molar-refractivity contribution >= 4 is 34.1 Å². The molecule has 0 radical (unpaired) electrons. The number of hydrogen-bond acceptors (Lipinski definition) is 4. The van der Waals surface area contributed by atoms with E-state index in [1.807, 2.05) is 6.92 Å². The van der Waals surface area contributed by atoms with Gasteiger partial charge in [-0.25, -0.2) is 0 Å². The Morgan fingerprint density at radius 1 is 1.57 bits per heavy atom. The Bertz CT molecular complexity index is 216. The van der Waals surface area contributed by atoms with Gasteiger partial charge in [0.1, 0.15) is 5.78 Å². The number of thiocarbonyl (C=S) groups is 1. The Labute approximate surface area is 94.8 Å².